The van der Waals surface area contributed by atoms with Crippen LogP contribution in [0.5, 0.6) is 0 Å². The van der Waals surface area contributed by atoms with Crippen LogP contribution < -0.4 is 5.32 Å². The number of carbonyl (C=O) groups is 1. The van der Waals surface area contributed by atoms with E-state index in [1.807, 2.05) is 0 Å². The van der Waals surface area contributed by atoms with Gasteiger partial charge in [-0.2, -0.15) is 4.31 Å². The number of rotatable bonds is 4. The standard InChI is InChI=1S/C19H28N2O3S/c1-15-9-11-16(12-10-15)20-19(22)17-7-3-4-8-18(17)25(23,24)21-13-5-2-6-14-21/h3-4,7-8,15-16H,2,5-6,9-14H2,1H3,(H,20,22). The lowest BCUT2D eigenvalue weighted by atomic mass is 9.87. The first-order valence-electron chi connectivity index (χ1n) is 9.38. The van der Waals surface area contributed by atoms with Gasteiger partial charge in [-0.3, -0.25) is 4.79 Å². The number of sulfonamides is 1. The number of piperidine rings is 1. The molecule has 5 nitrogen and oxygen atoms in total. The molecule has 3 rings (SSSR count). The van der Waals surface area contributed by atoms with Gasteiger partial charge in [-0.05, 0) is 56.6 Å². The van der Waals surface area contributed by atoms with Gasteiger partial charge in [0.15, 0.2) is 0 Å². The monoisotopic (exact) mass is 364 g/mol. The molecule has 0 unspecified atom stereocenters. The van der Waals surface area contributed by atoms with Crippen molar-refractivity contribution in [2.75, 3.05) is 13.1 Å². The van der Waals surface area contributed by atoms with E-state index in [-0.39, 0.29) is 22.4 Å². The molecule has 0 bridgehead atoms. The molecule has 0 spiro atoms. The molecule has 1 aliphatic heterocycles. The quantitative estimate of drug-likeness (QED) is 0.892. The average molecular weight is 365 g/mol. The summed E-state index contributed by atoms with van der Waals surface area (Å²) in [6, 6.07) is 6.75. The van der Waals surface area contributed by atoms with E-state index < -0.39 is 10.0 Å². The van der Waals surface area contributed by atoms with E-state index in [0.29, 0.717) is 19.0 Å². The highest BCUT2D eigenvalue weighted by Crippen LogP contribution is 2.26. The molecule has 1 N–H and O–H groups in total. The zero-order valence-electron chi connectivity index (χ0n) is 14.9. The number of nitrogens with one attached hydrogen (secondary N) is 1. The molecule has 2 aliphatic rings. The Kier molecular flexibility index (Phi) is 5.79. The normalized spacial score (nSPS) is 25.5. The first-order chi connectivity index (χ1) is 12.0. The molecular weight excluding hydrogens is 336 g/mol. The van der Waals surface area contributed by atoms with Gasteiger partial charge in [-0.1, -0.05) is 25.5 Å². The molecule has 0 radical (unpaired) electrons. The molecule has 25 heavy (non-hydrogen) atoms. The summed E-state index contributed by atoms with van der Waals surface area (Å²) in [5, 5.41) is 3.05. The molecule has 1 aliphatic carbocycles. The Morgan fingerprint density at radius 3 is 2.36 bits per heavy atom. The van der Waals surface area contributed by atoms with E-state index in [2.05, 4.69) is 12.2 Å². The number of carbonyl (C=O) groups excluding carboxylic acids is 1. The van der Waals surface area contributed by atoms with Gasteiger partial charge in [0.2, 0.25) is 10.0 Å². The third-order valence-electron chi connectivity index (χ3n) is 5.42. The molecule has 1 saturated carbocycles. The van der Waals surface area contributed by atoms with E-state index in [9.17, 15) is 13.2 Å². The van der Waals surface area contributed by atoms with Gasteiger partial charge in [-0.15, -0.1) is 0 Å². The first kappa shape index (κ1) is 18.4. The molecule has 6 heteroatoms. The van der Waals surface area contributed by atoms with Crippen LogP contribution in [0.1, 0.15) is 62.2 Å². The molecule has 1 heterocycles. The number of benzene rings is 1. The summed E-state index contributed by atoms with van der Waals surface area (Å²) in [7, 11) is -3.61. The fourth-order valence-electron chi connectivity index (χ4n) is 3.79. The van der Waals surface area contributed by atoms with Gasteiger partial charge >= 0.3 is 0 Å². The van der Waals surface area contributed by atoms with Crippen LogP contribution in [0.15, 0.2) is 29.2 Å². The fourth-order valence-corrected chi connectivity index (χ4v) is 5.50. The van der Waals surface area contributed by atoms with Crippen LogP contribution in [0.4, 0.5) is 0 Å². The fraction of sp³-hybridized carbons (Fsp3) is 0.632. The van der Waals surface area contributed by atoms with Crippen LogP contribution in [-0.4, -0.2) is 37.8 Å². The third kappa shape index (κ3) is 4.23. The summed E-state index contributed by atoms with van der Waals surface area (Å²) < 4.78 is 27.5. The molecule has 1 aromatic rings. The Bertz CT molecular complexity index is 703. The summed E-state index contributed by atoms with van der Waals surface area (Å²) in [4.78, 5) is 12.9. The van der Waals surface area contributed by atoms with E-state index in [1.54, 1.807) is 24.3 Å². The van der Waals surface area contributed by atoms with Crippen LogP contribution in [-0.2, 0) is 10.0 Å². The highest BCUT2D eigenvalue weighted by atomic mass is 32.2. The minimum Gasteiger partial charge on any atom is -0.349 e. The maximum atomic E-state index is 13.0. The lowest BCUT2D eigenvalue weighted by Gasteiger charge is -2.28. The highest BCUT2D eigenvalue weighted by molar-refractivity contribution is 7.89. The van der Waals surface area contributed by atoms with Gasteiger partial charge in [-0.25, -0.2) is 8.42 Å². The molecule has 0 aromatic heterocycles. The van der Waals surface area contributed by atoms with E-state index in [1.165, 1.54) is 4.31 Å². The second-order valence-electron chi connectivity index (χ2n) is 7.39. The second kappa shape index (κ2) is 7.87. The van der Waals surface area contributed by atoms with Crippen molar-refractivity contribution in [3.63, 3.8) is 0 Å². The summed E-state index contributed by atoms with van der Waals surface area (Å²) in [5.74, 6) is 0.440. The summed E-state index contributed by atoms with van der Waals surface area (Å²) >= 11 is 0. The molecule has 1 aromatic carbocycles. The van der Waals surface area contributed by atoms with Crippen molar-refractivity contribution in [2.45, 2.75) is 62.8 Å². The van der Waals surface area contributed by atoms with Crippen LogP contribution in [0.3, 0.4) is 0 Å². The van der Waals surface area contributed by atoms with Crippen molar-refractivity contribution in [3.8, 4) is 0 Å². The van der Waals surface area contributed by atoms with Crippen molar-refractivity contribution >= 4 is 15.9 Å². The number of nitrogens with zero attached hydrogens (tertiary/aromatic N) is 1. The predicted molar refractivity (Wildman–Crippen MR) is 97.9 cm³/mol. The summed E-state index contributed by atoms with van der Waals surface area (Å²) in [6.45, 7) is 3.32. The smallest absolute Gasteiger partial charge is 0.252 e. The second-order valence-corrected chi connectivity index (χ2v) is 9.30. The van der Waals surface area contributed by atoms with E-state index >= 15 is 0 Å². The lowest BCUT2D eigenvalue weighted by molar-refractivity contribution is 0.0919. The van der Waals surface area contributed by atoms with Crippen LogP contribution >= 0.6 is 0 Å². The van der Waals surface area contributed by atoms with Crippen molar-refractivity contribution in [2.24, 2.45) is 5.92 Å². The SMILES string of the molecule is CC1CCC(NC(=O)c2ccccc2S(=O)(=O)N2CCCCC2)CC1. The van der Waals surface area contributed by atoms with Crippen molar-refractivity contribution in [1.29, 1.82) is 0 Å². The summed E-state index contributed by atoms with van der Waals surface area (Å²) in [5.41, 5.74) is 0.270. The van der Waals surface area contributed by atoms with Crippen molar-refractivity contribution < 1.29 is 13.2 Å². The third-order valence-corrected chi connectivity index (χ3v) is 7.37. The molecule has 1 saturated heterocycles. The Hall–Kier alpha value is -1.40. The van der Waals surface area contributed by atoms with Gasteiger partial charge in [0.1, 0.15) is 0 Å². The summed E-state index contributed by atoms with van der Waals surface area (Å²) in [6.07, 6.45) is 6.98. The van der Waals surface area contributed by atoms with Gasteiger partial charge in [0, 0.05) is 19.1 Å². The van der Waals surface area contributed by atoms with Gasteiger partial charge < -0.3 is 5.32 Å². The topological polar surface area (TPSA) is 66.5 Å². The maximum absolute atomic E-state index is 13.0. The van der Waals surface area contributed by atoms with E-state index in [4.69, 9.17) is 0 Å². The largest absolute Gasteiger partial charge is 0.349 e. The van der Waals surface area contributed by atoms with E-state index in [0.717, 1.165) is 44.9 Å². The zero-order chi connectivity index (χ0) is 17.9. The molecule has 2 fully saturated rings. The highest BCUT2D eigenvalue weighted by Gasteiger charge is 2.30. The Labute approximate surface area is 150 Å². The minimum absolute atomic E-state index is 0.138. The van der Waals surface area contributed by atoms with Crippen LogP contribution in [0.2, 0.25) is 0 Å². The number of hydrogen-bond donors (Lipinski definition) is 1. The average Bonchev–Trinajstić information content (AvgIpc) is 2.64. The Morgan fingerprint density at radius 2 is 1.68 bits per heavy atom. The first-order valence-corrected chi connectivity index (χ1v) is 10.8. The van der Waals surface area contributed by atoms with Gasteiger partial charge in [0.25, 0.3) is 5.91 Å². The van der Waals surface area contributed by atoms with Crippen LogP contribution in [0.25, 0.3) is 0 Å². The Morgan fingerprint density at radius 1 is 1.04 bits per heavy atom. The van der Waals surface area contributed by atoms with Crippen molar-refractivity contribution in [3.05, 3.63) is 29.8 Å². The van der Waals surface area contributed by atoms with Crippen LogP contribution in [0, 0.1) is 5.92 Å². The molecular formula is C19H28N2O3S. The van der Waals surface area contributed by atoms with Crippen molar-refractivity contribution in [1.82, 2.24) is 9.62 Å². The predicted octanol–water partition coefficient (Wildman–Crippen LogP) is 3.17. The molecule has 0 atom stereocenters. The molecule has 1 amide bonds. The van der Waals surface area contributed by atoms with Gasteiger partial charge in [0.05, 0.1) is 10.5 Å². The maximum Gasteiger partial charge on any atom is 0.252 e. The number of hydrogen-bond acceptors (Lipinski definition) is 3. The lowest BCUT2D eigenvalue weighted by Crippen LogP contribution is -2.39. The number of amides is 1. The Balaban J connectivity index is 1.79. The minimum atomic E-state index is -3.61. The molecule has 138 valence electrons. The zero-order valence-corrected chi connectivity index (χ0v) is 15.7.